The Labute approximate surface area is 311 Å². The topological polar surface area (TPSA) is 303 Å². The first-order valence-corrected chi connectivity index (χ1v) is 22.9. The number of hydrogen-bond acceptors (Lipinski definition) is 14. The van der Waals surface area contributed by atoms with Gasteiger partial charge in [0.2, 0.25) is 0 Å². The van der Waals surface area contributed by atoms with E-state index in [4.69, 9.17) is 38.1 Å². The largest absolute Gasteiger partial charge is 0.472 e. The summed E-state index contributed by atoms with van der Waals surface area (Å²) in [7, 11) is -16.5. The first-order valence-electron chi connectivity index (χ1n) is 18.3. The average Bonchev–Trinajstić information content (AvgIpc) is 3.06. The lowest BCUT2D eigenvalue weighted by molar-refractivity contribution is -0.213. The molecular formula is C31H61O19P3. The van der Waals surface area contributed by atoms with Gasteiger partial charge in [0, 0.05) is 12.8 Å². The van der Waals surface area contributed by atoms with Crippen molar-refractivity contribution in [1.82, 2.24) is 0 Å². The van der Waals surface area contributed by atoms with E-state index in [1.165, 1.54) is 64.2 Å². The molecule has 0 aromatic rings. The van der Waals surface area contributed by atoms with Crippen LogP contribution in [0.15, 0.2) is 0 Å². The molecule has 8 atom stereocenters. The quantitative estimate of drug-likeness (QED) is 0.0287. The Kier molecular flexibility index (Phi) is 24.7. The molecule has 0 saturated heterocycles. The van der Waals surface area contributed by atoms with Crippen molar-refractivity contribution >= 4 is 35.4 Å². The fourth-order valence-electron chi connectivity index (χ4n) is 5.68. The van der Waals surface area contributed by atoms with Crippen LogP contribution < -0.4 is 0 Å². The lowest BCUT2D eigenvalue weighted by Gasteiger charge is -2.44. The summed E-state index contributed by atoms with van der Waals surface area (Å²) in [5.74, 6) is -1.37. The zero-order chi connectivity index (χ0) is 40.1. The van der Waals surface area contributed by atoms with Crippen LogP contribution in [0.4, 0.5) is 0 Å². The molecule has 0 amide bonds. The predicted octanol–water partition coefficient (Wildman–Crippen LogP) is 4.06. The van der Waals surface area contributed by atoms with Crippen LogP contribution in [-0.4, -0.2) is 108 Å². The van der Waals surface area contributed by atoms with Gasteiger partial charge in [-0.3, -0.25) is 27.7 Å². The van der Waals surface area contributed by atoms with Gasteiger partial charge in [-0.1, -0.05) is 104 Å². The van der Waals surface area contributed by atoms with Gasteiger partial charge in [-0.2, -0.15) is 0 Å². The van der Waals surface area contributed by atoms with Gasteiger partial charge in [-0.25, -0.2) is 13.7 Å². The molecule has 0 radical (unpaired) electrons. The van der Waals surface area contributed by atoms with Crippen molar-refractivity contribution in [2.75, 3.05) is 13.2 Å². The molecule has 0 heterocycles. The van der Waals surface area contributed by atoms with Crippen molar-refractivity contribution in [2.24, 2.45) is 0 Å². The monoisotopic (exact) mass is 830 g/mol. The maximum atomic E-state index is 12.9. The van der Waals surface area contributed by atoms with Gasteiger partial charge >= 0.3 is 35.4 Å². The molecule has 1 aliphatic rings. The van der Waals surface area contributed by atoms with Crippen LogP contribution in [0.25, 0.3) is 0 Å². The van der Waals surface area contributed by atoms with E-state index in [1.807, 2.05) is 0 Å². The minimum absolute atomic E-state index is 0.0540. The third-order valence-corrected chi connectivity index (χ3v) is 10.4. The highest BCUT2D eigenvalue weighted by atomic mass is 31.2. The van der Waals surface area contributed by atoms with E-state index >= 15 is 0 Å². The highest BCUT2D eigenvalue weighted by Gasteiger charge is 2.56. The van der Waals surface area contributed by atoms with Crippen molar-refractivity contribution in [3.05, 3.63) is 0 Å². The molecule has 314 valence electrons. The number of carbonyl (C=O) groups excluding carboxylic acids is 2. The lowest BCUT2D eigenvalue weighted by atomic mass is 9.85. The summed E-state index contributed by atoms with van der Waals surface area (Å²) in [6.07, 6.45) is 1.43. The van der Waals surface area contributed by atoms with Gasteiger partial charge < -0.3 is 49.3 Å². The van der Waals surface area contributed by atoms with E-state index in [1.54, 1.807) is 6.92 Å². The number of aliphatic hydroxyl groups is 3. The van der Waals surface area contributed by atoms with Crippen LogP contribution in [0, 0.1) is 0 Å². The SMILES string of the molecule is CCCCCCCCCCCCCCCCCC(=O)OC[C@H](COP(=O)(O)OC1[C@@H](O)[C@H](OP(=O)(O)O)C(O)[C@H](OP(=O)(O)O)[C@@H]1O)OC(=O)CCC. The third kappa shape index (κ3) is 23.1. The van der Waals surface area contributed by atoms with Crippen LogP contribution in [-0.2, 0) is 50.9 Å². The van der Waals surface area contributed by atoms with E-state index in [-0.39, 0.29) is 12.8 Å². The zero-order valence-electron chi connectivity index (χ0n) is 30.6. The van der Waals surface area contributed by atoms with Crippen molar-refractivity contribution in [3.8, 4) is 0 Å². The Balaban J connectivity index is 2.62. The van der Waals surface area contributed by atoms with E-state index in [0.29, 0.717) is 12.8 Å². The number of hydrogen-bond donors (Lipinski definition) is 8. The van der Waals surface area contributed by atoms with Gasteiger partial charge in [0.25, 0.3) is 0 Å². The van der Waals surface area contributed by atoms with E-state index in [0.717, 1.165) is 25.7 Å². The van der Waals surface area contributed by atoms with E-state index in [2.05, 4.69) is 16.0 Å². The van der Waals surface area contributed by atoms with Crippen LogP contribution in [0.1, 0.15) is 129 Å². The third-order valence-electron chi connectivity index (χ3n) is 8.38. The molecule has 0 aliphatic heterocycles. The Morgan fingerprint density at radius 3 is 1.32 bits per heavy atom. The highest BCUT2D eigenvalue weighted by molar-refractivity contribution is 7.47. The maximum Gasteiger partial charge on any atom is 0.472 e. The normalized spacial score (nSPS) is 24.0. The number of carbonyl (C=O) groups is 2. The Bertz CT molecular complexity index is 1140. The van der Waals surface area contributed by atoms with Crippen molar-refractivity contribution < 1.29 is 90.6 Å². The van der Waals surface area contributed by atoms with Gasteiger partial charge in [0.05, 0.1) is 6.61 Å². The first-order chi connectivity index (χ1) is 24.8. The Morgan fingerprint density at radius 1 is 0.528 bits per heavy atom. The second kappa shape index (κ2) is 26.1. The molecule has 1 rings (SSSR count). The Hall–Kier alpha value is -0.850. The highest BCUT2D eigenvalue weighted by Crippen LogP contribution is 2.51. The van der Waals surface area contributed by atoms with Crippen molar-refractivity contribution in [3.63, 3.8) is 0 Å². The summed E-state index contributed by atoms with van der Waals surface area (Å²) < 4.78 is 64.2. The number of esters is 2. The molecule has 1 saturated carbocycles. The molecule has 19 nitrogen and oxygen atoms in total. The molecular weight excluding hydrogens is 769 g/mol. The number of phosphoric ester groups is 3. The molecule has 8 N–H and O–H groups in total. The molecule has 0 aromatic heterocycles. The summed E-state index contributed by atoms with van der Waals surface area (Å²) >= 11 is 0. The lowest BCUT2D eigenvalue weighted by Crippen LogP contribution is -2.65. The molecule has 0 spiro atoms. The van der Waals surface area contributed by atoms with Gasteiger partial charge in [-0.15, -0.1) is 0 Å². The molecule has 53 heavy (non-hydrogen) atoms. The fourth-order valence-corrected chi connectivity index (χ4v) is 7.79. The second-order valence-electron chi connectivity index (χ2n) is 13.2. The summed E-state index contributed by atoms with van der Waals surface area (Å²) in [6, 6.07) is 0. The summed E-state index contributed by atoms with van der Waals surface area (Å²) in [4.78, 5) is 71.6. The zero-order valence-corrected chi connectivity index (χ0v) is 33.3. The van der Waals surface area contributed by atoms with Crippen molar-refractivity contribution in [1.29, 1.82) is 0 Å². The summed E-state index contributed by atoms with van der Waals surface area (Å²) in [6.45, 7) is 2.39. The van der Waals surface area contributed by atoms with Crippen LogP contribution in [0.2, 0.25) is 0 Å². The molecule has 1 aliphatic carbocycles. The standard InChI is InChI=1S/C31H61O19P3/c1-3-5-6-7-8-9-10-11-12-13-14-15-16-17-18-20-24(32)45-21-23(47-25(33)19-4-2)22-46-53(43,44)50-31-27(35)29(48-51(37,38)39)26(34)30(28(31)36)49-52(40,41)42/h23,26-31,34-36H,3-22H2,1-2H3,(H,43,44)(H2,37,38,39)(H2,40,41,42)/t23-,26?,27+,28+,29-,30+,31?/m1/s1. The minimum atomic E-state index is -5.53. The maximum absolute atomic E-state index is 12.9. The smallest absolute Gasteiger partial charge is 0.462 e. The fraction of sp³-hybridized carbons (Fsp3) is 0.935. The molecule has 0 bridgehead atoms. The van der Waals surface area contributed by atoms with Crippen molar-refractivity contribution in [2.45, 2.75) is 172 Å². The van der Waals surface area contributed by atoms with Gasteiger partial charge in [-0.05, 0) is 12.8 Å². The van der Waals surface area contributed by atoms with E-state index in [9.17, 15) is 43.5 Å². The predicted molar refractivity (Wildman–Crippen MR) is 188 cm³/mol. The van der Waals surface area contributed by atoms with Crippen LogP contribution in [0.5, 0.6) is 0 Å². The molecule has 0 aromatic carbocycles. The molecule has 1 fully saturated rings. The van der Waals surface area contributed by atoms with Crippen LogP contribution >= 0.6 is 23.5 Å². The molecule has 22 heteroatoms. The summed E-state index contributed by atoms with van der Waals surface area (Å²) in [5, 5.41) is 31.4. The second-order valence-corrected chi connectivity index (χ2v) is 17.0. The number of rotatable bonds is 30. The number of phosphoric acid groups is 3. The number of aliphatic hydroxyl groups excluding tert-OH is 3. The molecule has 3 unspecified atom stereocenters. The summed E-state index contributed by atoms with van der Waals surface area (Å²) in [5.41, 5.74) is 0. The Morgan fingerprint density at radius 2 is 0.925 bits per heavy atom. The van der Waals surface area contributed by atoms with Gasteiger partial charge in [0.15, 0.2) is 6.10 Å². The first kappa shape index (κ1) is 50.2. The van der Waals surface area contributed by atoms with Crippen LogP contribution in [0.3, 0.4) is 0 Å². The number of unbranched alkanes of at least 4 members (excludes halogenated alkanes) is 14. The van der Waals surface area contributed by atoms with Gasteiger partial charge in [0.1, 0.15) is 43.2 Å². The average molecular weight is 831 g/mol. The number of ether oxygens (including phenoxy) is 2. The van der Waals surface area contributed by atoms with E-state index < -0.39 is 91.3 Å². The minimum Gasteiger partial charge on any atom is -0.462 e.